The van der Waals surface area contributed by atoms with Crippen LogP contribution in [0.3, 0.4) is 0 Å². The summed E-state index contributed by atoms with van der Waals surface area (Å²) in [6, 6.07) is 0. The zero-order valence-electron chi connectivity index (χ0n) is 17.5. The second-order valence-corrected chi connectivity index (χ2v) is 8.29. The summed E-state index contributed by atoms with van der Waals surface area (Å²) in [5.74, 6) is 0.386. The minimum absolute atomic E-state index is 0.0160. The third kappa shape index (κ3) is 5.37. The van der Waals surface area contributed by atoms with Gasteiger partial charge in [0.2, 0.25) is 5.91 Å². The number of nitrogens with zero attached hydrogens (tertiary/aromatic N) is 3. The van der Waals surface area contributed by atoms with Gasteiger partial charge < -0.3 is 20.3 Å². The van der Waals surface area contributed by atoms with E-state index in [1.54, 1.807) is 9.80 Å². The van der Waals surface area contributed by atoms with E-state index in [1.165, 1.54) is 4.57 Å². The van der Waals surface area contributed by atoms with Crippen molar-refractivity contribution >= 4 is 17.4 Å². The lowest BCUT2D eigenvalue weighted by atomic mass is 10.2. The molecule has 1 atom stereocenters. The first-order chi connectivity index (χ1) is 13.1. The van der Waals surface area contributed by atoms with Crippen molar-refractivity contribution in [1.82, 2.24) is 14.5 Å². The number of rotatable bonds is 7. The van der Waals surface area contributed by atoms with Crippen LogP contribution in [0, 0.1) is 11.8 Å². The summed E-state index contributed by atoms with van der Waals surface area (Å²) >= 11 is 0. The number of aromatic nitrogens is 2. The van der Waals surface area contributed by atoms with Crippen LogP contribution in [0.4, 0.5) is 11.5 Å². The van der Waals surface area contributed by atoms with Gasteiger partial charge in [-0.2, -0.15) is 0 Å². The molecule has 1 fully saturated rings. The van der Waals surface area contributed by atoms with E-state index in [0.717, 1.165) is 0 Å². The molecule has 0 aliphatic carbocycles. The van der Waals surface area contributed by atoms with Gasteiger partial charge in [0.05, 0.1) is 19.3 Å². The Morgan fingerprint density at radius 3 is 2.54 bits per heavy atom. The number of nitrogens with one attached hydrogen (secondary N) is 1. The van der Waals surface area contributed by atoms with Crippen LogP contribution in [0.5, 0.6) is 0 Å². The molecular formula is C19H33N5O4. The number of morpholine rings is 1. The maximum Gasteiger partial charge on any atom is 0.330 e. The van der Waals surface area contributed by atoms with Crippen LogP contribution in [0.15, 0.2) is 9.59 Å². The smallest absolute Gasteiger partial charge is 0.330 e. The van der Waals surface area contributed by atoms with E-state index in [0.29, 0.717) is 32.8 Å². The van der Waals surface area contributed by atoms with Crippen molar-refractivity contribution in [2.24, 2.45) is 11.8 Å². The van der Waals surface area contributed by atoms with Gasteiger partial charge in [0.15, 0.2) is 0 Å². The average Bonchev–Trinajstić information content (AvgIpc) is 2.57. The zero-order chi connectivity index (χ0) is 21.0. The fourth-order valence-electron chi connectivity index (χ4n) is 3.41. The fraction of sp³-hybridized carbons (Fsp3) is 0.737. The zero-order valence-corrected chi connectivity index (χ0v) is 17.5. The molecule has 0 radical (unpaired) electrons. The highest BCUT2D eigenvalue weighted by molar-refractivity contribution is 5.82. The molecule has 2 heterocycles. The van der Waals surface area contributed by atoms with Crippen LogP contribution in [-0.2, 0) is 16.1 Å². The van der Waals surface area contributed by atoms with Crippen molar-refractivity contribution in [2.45, 2.75) is 47.3 Å². The Labute approximate surface area is 165 Å². The molecule has 9 nitrogen and oxygen atoms in total. The van der Waals surface area contributed by atoms with Crippen molar-refractivity contribution in [3.8, 4) is 0 Å². The first kappa shape index (κ1) is 22.0. The van der Waals surface area contributed by atoms with Gasteiger partial charge in [-0.15, -0.1) is 0 Å². The quantitative estimate of drug-likeness (QED) is 0.694. The van der Waals surface area contributed by atoms with Crippen molar-refractivity contribution in [2.75, 3.05) is 43.4 Å². The lowest BCUT2D eigenvalue weighted by molar-refractivity contribution is -0.136. The number of hydrogen-bond acceptors (Lipinski definition) is 6. The van der Waals surface area contributed by atoms with Crippen LogP contribution in [0.25, 0.3) is 0 Å². The normalized spacial score (nSPS) is 17.4. The highest BCUT2D eigenvalue weighted by Gasteiger charge is 2.26. The maximum atomic E-state index is 12.9. The fourth-order valence-corrected chi connectivity index (χ4v) is 3.41. The van der Waals surface area contributed by atoms with E-state index >= 15 is 0 Å². The summed E-state index contributed by atoms with van der Waals surface area (Å²) < 4.78 is 6.87. The number of hydrogen-bond donors (Lipinski definition) is 2. The lowest BCUT2D eigenvalue weighted by Gasteiger charge is -2.34. The van der Waals surface area contributed by atoms with Crippen LogP contribution in [0.2, 0.25) is 0 Å². The second kappa shape index (κ2) is 9.27. The SMILES string of the molecule is CC(C)CN(CC(=O)N1CCOC(C)C1)c1c(N)n(CC(C)C)c(=O)[nH]c1=O. The Kier molecular flexibility index (Phi) is 7.29. The third-order valence-corrected chi connectivity index (χ3v) is 4.58. The summed E-state index contributed by atoms with van der Waals surface area (Å²) in [6.45, 7) is 12.3. The Hall–Kier alpha value is -2.29. The van der Waals surface area contributed by atoms with Crippen molar-refractivity contribution in [1.29, 1.82) is 0 Å². The molecule has 9 heteroatoms. The van der Waals surface area contributed by atoms with E-state index in [4.69, 9.17) is 10.5 Å². The van der Waals surface area contributed by atoms with Gasteiger partial charge in [0.1, 0.15) is 11.5 Å². The third-order valence-electron chi connectivity index (χ3n) is 4.58. The van der Waals surface area contributed by atoms with Crippen LogP contribution in [0.1, 0.15) is 34.6 Å². The van der Waals surface area contributed by atoms with Crippen molar-refractivity contribution in [3.05, 3.63) is 20.8 Å². The molecule has 0 bridgehead atoms. The molecule has 0 aromatic carbocycles. The summed E-state index contributed by atoms with van der Waals surface area (Å²) in [5.41, 5.74) is 5.33. The molecule has 0 saturated carbocycles. The molecule has 1 aliphatic rings. The molecule has 0 spiro atoms. The van der Waals surface area contributed by atoms with E-state index in [2.05, 4.69) is 4.98 Å². The molecular weight excluding hydrogens is 362 g/mol. The number of nitrogen functional groups attached to an aromatic ring is 1. The molecule has 1 aromatic rings. The summed E-state index contributed by atoms with van der Waals surface area (Å²) in [7, 11) is 0. The summed E-state index contributed by atoms with van der Waals surface area (Å²) in [4.78, 5) is 43.5. The molecule has 158 valence electrons. The van der Waals surface area contributed by atoms with E-state index < -0.39 is 11.2 Å². The Morgan fingerprint density at radius 1 is 1.29 bits per heavy atom. The standard InChI is InChI=1S/C19H33N5O4/c1-12(2)8-23(11-15(25)22-6-7-28-14(5)10-22)16-17(20)24(9-13(3)4)19(27)21-18(16)26/h12-14H,6-11,20H2,1-5H3,(H,21,26,27). The van der Waals surface area contributed by atoms with Gasteiger partial charge in [0, 0.05) is 26.2 Å². The second-order valence-electron chi connectivity index (χ2n) is 8.29. The molecule has 1 saturated heterocycles. The Bertz CT molecular complexity index is 798. The highest BCUT2D eigenvalue weighted by atomic mass is 16.5. The van der Waals surface area contributed by atoms with Crippen molar-refractivity contribution < 1.29 is 9.53 Å². The van der Waals surface area contributed by atoms with Gasteiger partial charge in [-0.25, -0.2) is 4.79 Å². The number of nitrogens with two attached hydrogens (primary N) is 1. The van der Waals surface area contributed by atoms with Gasteiger partial charge in [0.25, 0.3) is 5.56 Å². The lowest BCUT2D eigenvalue weighted by Crippen LogP contribution is -2.50. The minimum Gasteiger partial charge on any atom is -0.383 e. The number of carbonyl (C=O) groups is 1. The van der Waals surface area contributed by atoms with Crippen molar-refractivity contribution in [3.63, 3.8) is 0 Å². The van der Waals surface area contributed by atoms with Crippen LogP contribution in [-0.4, -0.2) is 59.2 Å². The Balaban J connectivity index is 2.38. The predicted octanol–water partition coefficient (Wildman–Crippen LogP) is 0.485. The number of anilines is 2. The van der Waals surface area contributed by atoms with E-state index in [9.17, 15) is 14.4 Å². The maximum absolute atomic E-state index is 12.9. The molecule has 1 aliphatic heterocycles. The van der Waals surface area contributed by atoms with Gasteiger partial charge in [-0.1, -0.05) is 27.7 Å². The minimum atomic E-state index is -0.564. The number of ether oxygens (including phenoxy) is 1. The van der Waals surface area contributed by atoms with E-state index in [-0.39, 0.29) is 41.9 Å². The first-order valence-corrected chi connectivity index (χ1v) is 9.87. The number of amides is 1. The predicted molar refractivity (Wildman–Crippen MR) is 110 cm³/mol. The van der Waals surface area contributed by atoms with Crippen LogP contribution < -0.4 is 21.9 Å². The number of H-pyrrole nitrogens is 1. The Morgan fingerprint density at radius 2 is 1.96 bits per heavy atom. The number of aromatic amines is 1. The van der Waals surface area contributed by atoms with Gasteiger partial charge in [-0.3, -0.25) is 19.1 Å². The summed E-state index contributed by atoms with van der Waals surface area (Å²) in [6.07, 6.45) is -0.0160. The number of carbonyl (C=O) groups excluding carboxylic acids is 1. The average molecular weight is 396 g/mol. The molecule has 3 N–H and O–H groups in total. The first-order valence-electron chi connectivity index (χ1n) is 9.87. The van der Waals surface area contributed by atoms with E-state index in [1.807, 2.05) is 34.6 Å². The molecule has 28 heavy (non-hydrogen) atoms. The van der Waals surface area contributed by atoms with Crippen LogP contribution >= 0.6 is 0 Å². The summed E-state index contributed by atoms with van der Waals surface area (Å²) in [5, 5.41) is 0. The molecule has 1 amide bonds. The highest BCUT2D eigenvalue weighted by Crippen LogP contribution is 2.19. The molecule has 1 aromatic heterocycles. The van der Waals surface area contributed by atoms with Gasteiger partial charge >= 0.3 is 5.69 Å². The molecule has 2 rings (SSSR count). The largest absolute Gasteiger partial charge is 0.383 e. The molecule has 1 unspecified atom stereocenters. The topological polar surface area (TPSA) is 114 Å². The van der Waals surface area contributed by atoms with Gasteiger partial charge in [-0.05, 0) is 18.8 Å². The monoisotopic (exact) mass is 395 g/mol.